The second-order valence-electron chi connectivity index (χ2n) is 4.58. The third-order valence-electron chi connectivity index (χ3n) is 3.22. The van der Waals surface area contributed by atoms with Crippen LogP contribution in [-0.2, 0) is 0 Å². The molecule has 0 saturated carbocycles. The smallest absolute Gasteiger partial charge is 0.124 e. The molecule has 108 valence electrons. The van der Waals surface area contributed by atoms with E-state index >= 15 is 0 Å². The maximum Gasteiger partial charge on any atom is 0.124 e. The molecule has 21 heavy (non-hydrogen) atoms. The van der Waals surface area contributed by atoms with Crippen LogP contribution in [0.5, 0.6) is 5.75 Å². The molecule has 1 unspecified atom stereocenters. The van der Waals surface area contributed by atoms with Crippen LogP contribution >= 0.6 is 38.9 Å². The van der Waals surface area contributed by atoms with Crippen molar-refractivity contribution in [3.8, 4) is 5.75 Å². The predicted octanol–water partition coefficient (Wildman–Crippen LogP) is 6.14. The summed E-state index contributed by atoms with van der Waals surface area (Å²) in [5, 5.41) is 0.661. The summed E-state index contributed by atoms with van der Waals surface area (Å²) < 4.78 is 20.5. The van der Waals surface area contributed by atoms with E-state index in [4.69, 9.17) is 16.3 Å². The van der Waals surface area contributed by atoms with Crippen LogP contribution in [0, 0.1) is 5.82 Å². The third kappa shape index (κ3) is 2.93. The van der Waals surface area contributed by atoms with Gasteiger partial charge in [-0.2, -0.15) is 0 Å². The van der Waals surface area contributed by atoms with Crippen LogP contribution in [0.1, 0.15) is 15.8 Å². The second-order valence-corrected chi connectivity index (χ2v) is 7.05. The van der Waals surface area contributed by atoms with E-state index in [1.54, 1.807) is 13.2 Å². The van der Waals surface area contributed by atoms with Gasteiger partial charge in [0.2, 0.25) is 0 Å². The highest BCUT2D eigenvalue weighted by Gasteiger charge is 2.18. The van der Waals surface area contributed by atoms with Gasteiger partial charge in [0.15, 0.2) is 0 Å². The summed E-state index contributed by atoms with van der Waals surface area (Å²) in [5.41, 5.74) is 0.889. The molecule has 1 atom stereocenters. The molecule has 2 aromatic carbocycles. The Hall–Kier alpha value is -1.10. The third-order valence-corrected chi connectivity index (χ3v) is 5.47. The Balaban J connectivity index is 2.07. The van der Waals surface area contributed by atoms with Crippen LogP contribution in [0.2, 0.25) is 0 Å². The van der Waals surface area contributed by atoms with E-state index in [2.05, 4.69) is 15.9 Å². The molecule has 0 saturated heterocycles. The number of fused-ring (bicyclic) bond motifs is 1. The summed E-state index contributed by atoms with van der Waals surface area (Å²) >= 11 is 11.6. The number of thiophene rings is 1. The topological polar surface area (TPSA) is 9.23 Å². The standard InChI is InChI=1S/C16H11BrClFOS/c1-20-13-5-3-10(17)7-12(13)16(18)15-6-9-2-4-11(19)8-14(9)21-15/h2-8,16H,1H3. The van der Waals surface area contributed by atoms with Crippen molar-refractivity contribution in [3.05, 3.63) is 63.2 Å². The summed E-state index contributed by atoms with van der Waals surface area (Å²) in [6.45, 7) is 0. The number of rotatable bonds is 3. The number of hydrogen-bond donors (Lipinski definition) is 0. The summed E-state index contributed by atoms with van der Waals surface area (Å²) in [4.78, 5) is 0.966. The minimum Gasteiger partial charge on any atom is -0.496 e. The molecule has 3 aromatic rings. The van der Waals surface area contributed by atoms with E-state index in [-0.39, 0.29) is 11.2 Å². The predicted molar refractivity (Wildman–Crippen MR) is 90.2 cm³/mol. The highest BCUT2D eigenvalue weighted by Crippen LogP contribution is 2.41. The van der Waals surface area contributed by atoms with Gasteiger partial charge >= 0.3 is 0 Å². The average molecular weight is 386 g/mol. The maximum absolute atomic E-state index is 13.3. The fraction of sp³-hybridized carbons (Fsp3) is 0.125. The van der Waals surface area contributed by atoms with Crippen molar-refractivity contribution in [3.63, 3.8) is 0 Å². The fourth-order valence-electron chi connectivity index (χ4n) is 2.21. The molecule has 3 rings (SSSR count). The van der Waals surface area contributed by atoms with Crippen molar-refractivity contribution in [2.24, 2.45) is 0 Å². The minimum atomic E-state index is -0.335. The van der Waals surface area contributed by atoms with Gasteiger partial charge in [-0.25, -0.2) is 4.39 Å². The average Bonchev–Trinajstić information content (AvgIpc) is 2.89. The molecule has 0 fully saturated rings. The van der Waals surface area contributed by atoms with Crippen molar-refractivity contribution in [2.75, 3.05) is 7.11 Å². The second kappa shape index (κ2) is 5.95. The Kier molecular flexibility index (Phi) is 4.20. The van der Waals surface area contributed by atoms with Crippen LogP contribution in [-0.4, -0.2) is 7.11 Å². The Bertz CT molecular complexity index is 802. The molecular formula is C16H11BrClFOS. The number of methoxy groups -OCH3 is 1. The Labute approximate surface area is 139 Å². The molecule has 5 heteroatoms. The highest BCUT2D eigenvalue weighted by molar-refractivity contribution is 9.10. The van der Waals surface area contributed by atoms with Gasteiger partial charge in [0.05, 0.1) is 12.5 Å². The van der Waals surface area contributed by atoms with Gasteiger partial charge in [-0.05, 0) is 41.8 Å². The van der Waals surface area contributed by atoms with Crippen molar-refractivity contribution in [2.45, 2.75) is 5.38 Å². The van der Waals surface area contributed by atoms with E-state index in [0.29, 0.717) is 0 Å². The van der Waals surface area contributed by atoms with E-state index < -0.39 is 0 Å². The number of halogens is 3. The highest BCUT2D eigenvalue weighted by atomic mass is 79.9. The number of hydrogen-bond acceptors (Lipinski definition) is 2. The molecule has 0 radical (unpaired) electrons. The van der Waals surface area contributed by atoms with Crippen molar-refractivity contribution >= 4 is 49.0 Å². The quantitative estimate of drug-likeness (QED) is 0.492. The lowest BCUT2D eigenvalue weighted by molar-refractivity contribution is 0.410. The zero-order chi connectivity index (χ0) is 15.0. The molecular weight excluding hydrogens is 375 g/mol. The van der Waals surface area contributed by atoms with E-state index in [9.17, 15) is 4.39 Å². The molecule has 1 aromatic heterocycles. The fourth-order valence-corrected chi connectivity index (χ4v) is 4.04. The van der Waals surface area contributed by atoms with Gasteiger partial charge in [0.25, 0.3) is 0 Å². The largest absolute Gasteiger partial charge is 0.496 e. The first-order valence-corrected chi connectivity index (χ1v) is 8.29. The van der Waals surface area contributed by atoms with E-state index in [0.717, 1.165) is 30.7 Å². The summed E-state index contributed by atoms with van der Waals surface area (Å²) in [7, 11) is 1.62. The SMILES string of the molecule is COc1ccc(Br)cc1C(Cl)c1cc2ccc(F)cc2s1. The summed E-state index contributed by atoms with van der Waals surface area (Å²) in [5.74, 6) is 0.504. The Morgan fingerprint density at radius 2 is 2.00 bits per heavy atom. The van der Waals surface area contributed by atoms with Gasteiger partial charge in [0, 0.05) is 19.6 Å². The molecule has 0 aliphatic carbocycles. The van der Waals surface area contributed by atoms with E-state index in [1.165, 1.54) is 23.5 Å². The zero-order valence-electron chi connectivity index (χ0n) is 11.1. The van der Waals surface area contributed by atoms with Crippen LogP contribution in [0.15, 0.2) is 46.9 Å². The number of benzene rings is 2. The van der Waals surface area contributed by atoms with Gasteiger partial charge in [0.1, 0.15) is 11.6 Å². The maximum atomic E-state index is 13.3. The lowest BCUT2D eigenvalue weighted by Gasteiger charge is -2.13. The van der Waals surface area contributed by atoms with Gasteiger partial charge in [-0.1, -0.05) is 22.0 Å². The molecule has 0 spiro atoms. The normalized spacial score (nSPS) is 12.6. The molecule has 0 aliphatic heterocycles. The molecule has 0 amide bonds. The first-order chi connectivity index (χ1) is 10.1. The van der Waals surface area contributed by atoms with Gasteiger partial charge in [-0.15, -0.1) is 22.9 Å². The Morgan fingerprint density at radius 1 is 1.19 bits per heavy atom. The lowest BCUT2D eigenvalue weighted by Crippen LogP contribution is -1.95. The van der Waals surface area contributed by atoms with Crippen molar-refractivity contribution < 1.29 is 9.13 Å². The first-order valence-electron chi connectivity index (χ1n) is 6.25. The van der Waals surface area contributed by atoms with Gasteiger partial charge in [-0.3, -0.25) is 0 Å². The number of alkyl halides is 1. The molecule has 0 bridgehead atoms. The monoisotopic (exact) mass is 384 g/mol. The summed E-state index contributed by atoms with van der Waals surface area (Å²) in [6.07, 6.45) is 0. The number of ether oxygens (including phenoxy) is 1. The van der Waals surface area contributed by atoms with E-state index in [1.807, 2.05) is 24.3 Å². The first kappa shape index (κ1) is 14.8. The summed E-state index contributed by atoms with van der Waals surface area (Å²) in [6, 6.07) is 12.5. The minimum absolute atomic E-state index is 0.234. The van der Waals surface area contributed by atoms with Crippen LogP contribution in [0.25, 0.3) is 10.1 Å². The molecule has 1 heterocycles. The Morgan fingerprint density at radius 3 is 2.76 bits per heavy atom. The van der Waals surface area contributed by atoms with Crippen LogP contribution < -0.4 is 4.74 Å². The molecule has 1 nitrogen and oxygen atoms in total. The van der Waals surface area contributed by atoms with Crippen molar-refractivity contribution in [1.82, 2.24) is 0 Å². The van der Waals surface area contributed by atoms with Crippen LogP contribution in [0.3, 0.4) is 0 Å². The molecule has 0 aliphatic rings. The van der Waals surface area contributed by atoms with Crippen molar-refractivity contribution in [1.29, 1.82) is 0 Å². The zero-order valence-corrected chi connectivity index (χ0v) is 14.2. The molecule has 0 N–H and O–H groups in total. The van der Waals surface area contributed by atoms with Crippen LogP contribution in [0.4, 0.5) is 4.39 Å². The van der Waals surface area contributed by atoms with Gasteiger partial charge < -0.3 is 4.74 Å². The lowest BCUT2D eigenvalue weighted by atomic mass is 10.1.